The van der Waals surface area contributed by atoms with E-state index >= 15 is 0 Å². The van der Waals surface area contributed by atoms with Crippen LogP contribution in [0.2, 0.25) is 0 Å². The number of amides is 2. The second-order valence-electron chi connectivity index (χ2n) is 4.50. The first-order valence-corrected chi connectivity index (χ1v) is 6.20. The van der Waals surface area contributed by atoms with Crippen molar-refractivity contribution in [2.45, 2.75) is 12.8 Å². The Morgan fingerprint density at radius 3 is 2.53 bits per heavy atom. The first kappa shape index (κ1) is 13.3. The molecule has 0 aliphatic carbocycles. The molecule has 19 heavy (non-hydrogen) atoms. The fraction of sp³-hybridized carbons (Fsp3) is 0.500. The highest BCUT2D eigenvalue weighted by atomic mass is 16.4. The van der Waals surface area contributed by atoms with Crippen LogP contribution in [0.3, 0.4) is 0 Å². The molecule has 1 fully saturated rings. The molecular formula is C12H16N4O3. The second-order valence-corrected chi connectivity index (χ2v) is 4.50. The Morgan fingerprint density at radius 2 is 1.95 bits per heavy atom. The number of likely N-dealkylation sites (tertiary alicyclic amines) is 1. The first-order chi connectivity index (χ1) is 9.16. The summed E-state index contributed by atoms with van der Waals surface area (Å²) in [5.41, 5.74) is 0. The number of hydrogen-bond donors (Lipinski definition) is 2. The van der Waals surface area contributed by atoms with Crippen molar-refractivity contribution in [1.82, 2.24) is 20.2 Å². The van der Waals surface area contributed by atoms with Crippen LogP contribution in [0.25, 0.3) is 0 Å². The zero-order valence-electron chi connectivity index (χ0n) is 10.5. The number of nitrogens with one attached hydrogen (secondary N) is 1. The Morgan fingerprint density at radius 1 is 1.32 bits per heavy atom. The van der Waals surface area contributed by atoms with Gasteiger partial charge in [-0.3, -0.25) is 4.79 Å². The zero-order valence-corrected chi connectivity index (χ0v) is 10.5. The van der Waals surface area contributed by atoms with Crippen LogP contribution in [0.5, 0.6) is 0 Å². The molecule has 2 N–H and O–H groups in total. The molecule has 0 radical (unpaired) electrons. The van der Waals surface area contributed by atoms with E-state index < -0.39 is 6.09 Å². The zero-order chi connectivity index (χ0) is 13.7. The van der Waals surface area contributed by atoms with Crippen molar-refractivity contribution in [2.75, 3.05) is 19.6 Å². The van der Waals surface area contributed by atoms with Crippen LogP contribution in [-0.2, 0) is 0 Å². The van der Waals surface area contributed by atoms with Gasteiger partial charge in [0.1, 0.15) is 0 Å². The third-order valence-electron chi connectivity index (χ3n) is 3.21. The third-order valence-corrected chi connectivity index (χ3v) is 3.21. The van der Waals surface area contributed by atoms with Crippen molar-refractivity contribution in [2.24, 2.45) is 5.92 Å². The molecule has 0 aromatic carbocycles. The number of aromatic nitrogens is 2. The lowest BCUT2D eigenvalue weighted by atomic mass is 9.97. The molecule has 2 rings (SSSR count). The van der Waals surface area contributed by atoms with Gasteiger partial charge in [0.15, 0.2) is 0 Å². The normalized spacial score (nSPS) is 16.1. The lowest BCUT2D eigenvalue weighted by molar-refractivity contribution is 0.0918. The van der Waals surface area contributed by atoms with Gasteiger partial charge in [-0.1, -0.05) is 0 Å². The number of rotatable bonds is 3. The SMILES string of the molecule is O=C(NCC1CCN(C(=O)O)CC1)c1ncccn1. The summed E-state index contributed by atoms with van der Waals surface area (Å²) in [5.74, 6) is 0.176. The highest BCUT2D eigenvalue weighted by molar-refractivity contribution is 5.90. The van der Waals surface area contributed by atoms with E-state index in [2.05, 4.69) is 15.3 Å². The number of hydrogen-bond acceptors (Lipinski definition) is 4. The fourth-order valence-corrected chi connectivity index (χ4v) is 2.06. The van der Waals surface area contributed by atoms with E-state index in [4.69, 9.17) is 5.11 Å². The predicted molar refractivity (Wildman–Crippen MR) is 66.7 cm³/mol. The van der Waals surface area contributed by atoms with Gasteiger partial charge in [-0.05, 0) is 24.8 Å². The van der Waals surface area contributed by atoms with Gasteiger partial charge in [0, 0.05) is 32.0 Å². The smallest absolute Gasteiger partial charge is 0.407 e. The molecule has 1 aromatic rings. The van der Waals surface area contributed by atoms with E-state index in [9.17, 15) is 9.59 Å². The van der Waals surface area contributed by atoms with Crippen LogP contribution in [0.15, 0.2) is 18.5 Å². The molecule has 2 heterocycles. The van der Waals surface area contributed by atoms with Gasteiger partial charge in [0.2, 0.25) is 5.82 Å². The van der Waals surface area contributed by atoms with Gasteiger partial charge in [-0.2, -0.15) is 0 Å². The van der Waals surface area contributed by atoms with Gasteiger partial charge in [0.05, 0.1) is 0 Å². The molecule has 0 atom stereocenters. The molecule has 0 bridgehead atoms. The largest absolute Gasteiger partial charge is 0.465 e. The van der Waals surface area contributed by atoms with E-state index in [-0.39, 0.29) is 11.7 Å². The molecule has 0 saturated carbocycles. The molecule has 1 aromatic heterocycles. The minimum Gasteiger partial charge on any atom is -0.465 e. The second kappa shape index (κ2) is 6.12. The average molecular weight is 264 g/mol. The van der Waals surface area contributed by atoms with Crippen LogP contribution < -0.4 is 5.32 Å². The number of carbonyl (C=O) groups is 2. The molecule has 1 aliphatic heterocycles. The van der Waals surface area contributed by atoms with E-state index in [1.807, 2.05) is 0 Å². The maximum absolute atomic E-state index is 11.7. The summed E-state index contributed by atoms with van der Waals surface area (Å²) in [4.78, 5) is 31.6. The average Bonchev–Trinajstić information content (AvgIpc) is 2.46. The van der Waals surface area contributed by atoms with E-state index in [0.717, 1.165) is 12.8 Å². The van der Waals surface area contributed by atoms with Gasteiger partial charge >= 0.3 is 6.09 Å². The minimum atomic E-state index is -0.875. The number of carbonyl (C=O) groups excluding carboxylic acids is 1. The molecule has 102 valence electrons. The molecular weight excluding hydrogens is 248 g/mol. The fourth-order valence-electron chi connectivity index (χ4n) is 2.06. The van der Waals surface area contributed by atoms with Crippen LogP contribution >= 0.6 is 0 Å². The van der Waals surface area contributed by atoms with Crippen LogP contribution in [0, 0.1) is 5.92 Å². The van der Waals surface area contributed by atoms with Crippen molar-refractivity contribution in [3.63, 3.8) is 0 Å². The van der Waals surface area contributed by atoms with Gasteiger partial charge < -0.3 is 15.3 Å². The van der Waals surface area contributed by atoms with Crippen molar-refractivity contribution in [1.29, 1.82) is 0 Å². The van der Waals surface area contributed by atoms with Crippen molar-refractivity contribution >= 4 is 12.0 Å². The van der Waals surface area contributed by atoms with Crippen molar-refractivity contribution in [3.05, 3.63) is 24.3 Å². The Labute approximate surface area is 110 Å². The Balaban J connectivity index is 1.75. The Kier molecular flexibility index (Phi) is 4.27. The lowest BCUT2D eigenvalue weighted by Crippen LogP contribution is -2.41. The topological polar surface area (TPSA) is 95.4 Å². The number of nitrogens with zero attached hydrogens (tertiary/aromatic N) is 3. The molecule has 7 nitrogen and oxygen atoms in total. The molecule has 2 amide bonds. The van der Waals surface area contributed by atoms with Crippen molar-refractivity contribution in [3.8, 4) is 0 Å². The number of carboxylic acid groups (broad SMARTS) is 1. The lowest BCUT2D eigenvalue weighted by Gasteiger charge is -2.29. The quantitative estimate of drug-likeness (QED) is 0.833. The summed E-state index contributed by atoms with van der Waals surface area (Å²) in [6.07, 6.45) is 3.70. The predicted octanol–water partition coefficient (Wildman–Crippen LogP) is 0.596. The summed E-state index contributed by atoms with van der Waals surface area (Å²) < 4.78 is 0. The Hall–Kier alpha value is -2.18. The maximum Gasteiger partial charge on any atom is 0.407 e. The first-order valence-electron chi connectivity index (χ1n) is 6.20. The maximum atomic E-state index is 11.7. The molecule has 0 unspecified atom stereocenters. The number of piperidine rings is 1. The minimum absolute atomic E-state index is 0.158. The highest BCUT2D eigenvalue weighted by Gasteiger charge is 2.22. The summed E-state index contributed by atoms with van der Waals surface area (Å²) in [5, 5.41) is 11.6. The molecule has 7 heteroatoms. The van der Waals surface area contributed by atoms with E-state index in [0.29, 0.717) is 25.6 Å². The van der Waals surface area contributed by atoms with E-state index in [1.165, 1.54) is 17.3 Å². The third kappa shape index (κ3) is 3.64. The van der Waals surface area contributed by atoms with Crippen LogP contribution in [0.1, 0.15) is 23.5 Å². The van der Waals surface area contributed by atoms with Gasteiger partial charge in [-0.25, -0.2) is 14.8 Å². The molecule has 1 saturated heterocycles. The summed E-state index contributed by atoms with van der Waals surface area (Å²) in [6, 6.07) is 1.65. The monoisotopic (exact) mass is 264 g/mol. The van der Waals surface area contributed by atoms with Crippen molar-refractivity contribution < 1.29 is 14.7 Å². The van der Waals surface area contributed by atoms with Gasteiger partial charge in [0.25, 0.3) is 5.91 Å². The summed E-state index contributed by atoms with van der Waals surface area (Å²) in [6.45, 7) is 1.58. The standard InChI is InChI=1S/C12H16N4O3/c17-11(10-13-4-1-5-14-10)15-8-9-2-6-16(7-3-9)12(18)19/h1,4-5,9H,2-3,6-8H2,(H,15,17)(H,18,19). The van der Waals surface area contributed by atoms with Crippen LogP contribution in [-0.4, -0.2) is 51.6 Å². The summed E-state index contributed by atoms with van der Waals surface area (Å²) in [7, 11) is 0. The Bertz CT molecular complexity index is 444. The highest BCUT2D eigenvalue weighted by Crippen LogP contribution is 2.16. The van der Waals surface area contributed by atoms with Crippen LogP contribution in [0.4, 0.5) is 4.79 Å². The molecule has 1 aliphatic rings. The van der Waals surface area contributed by atoms with E-state index in [1.54, 1.807) is 6.07 Å². The summed E-state index contributed by atoms with van der Waals surface area (Å²) >= 11 is 0. The molecule has 0 spiro atoms. The van der Waals surface area contributed by atoms with Gasteiger partial charge in [-0.15, -0.1) is 0 Å².